The molecular weight excluding hydrogens is 267 g/mol. The lowest BCUT2D eigenvalue weighted by Crippen LogP contribution is -2.41. The lowest BCUT2D eigenvalue weighted by atomic mass is 10.2. The van der Waals surface area contributed by atoms with Gasteiger partial charge in [-0.25, -0.2) is 4.98 Å². The molecule has 0 aliphatic carbocycles. The van der Waals surface area contributed by atoms with E-state index in [0.29, 0.717) is 11.9 Å². The van der Waals surface area contributed by atoms with E-state index in [9.17, 15) is 13.2 Å². The highest BCUT2D eigenvalue weighted by Crippen LogP contribution is 2.29. The van der Waals surface area contributed by atoms with E-state index in [-0.39, 0.29) is 6.04 Å². The average Bonchev–Trinajstić information content (AvgIpc) is 2.87. The van der Waals surface area contributed by atoms with Gasteiger partial charge in [0.25, 0.3) is 0 Å². The third-order valence-electron chi connectivity index (χ3n) is 3.57. The van der Waals surface area contributed by atoms with Crippen LogP contribution in [0, 0.1) is 0 Å². The third-order valence-corrected chi connectivity index (χ3v) is 3.57. The smallest absolute Gasteiger partial charge is 0.353 e. The molecule has 112 valence electrons. The van der Waals surface area contributed by atoms with Gasteiger partial charge >= 0.3 is 6.18 Å². The Balaban J connectivity index is 2.12. The van der Waals surface area contributed by atoms with Crippen LogP contribution in [-0.4, -0.2) is 30.2 Å². The van der Waals surface area contributed by atoms with Crippen molar-refractivity contribution in [3.63, 3.8) is 0 Å². The van der Waals surface area contributed by atoms with Crippen molar-refractivity contribution < 1.29 is 13.2 Å². The average molecular weight is 287 g/mol. The first-order chi connectivity index (χ1) is 9.38. The molecule has 20 heavy (non-hydrogen) atoms. The van der Waals surface area contributed by atoms with Crippen LogP contribution in [-0.2, 0) is 6.18 Å². The Morgan fingerprint density at radius 1 is 1.40 bits per heavy atom. The first kappa shape index (κ1) is 15.1. The molecule has 1 unspecified atom stereocenters. The van der Waals surface area contributed by atoms with Crippen LogP contribution in [0.15, 0.2) is 18.3 Å². The number of anilines is 1. The van der Waals surface area contributed by atoms with E-state index in [2.05, 4.69) is 10.3 Å². The molecule has 0 saturated carbocycles. The molecule has 2 heterocycles. The molecule has 2 rings (SSSR count). The molecule has 1 fully saturated rings. The number of pyridine rings is 1. The molecule has 6 heteroatoms. The molecule has 3 nitrogen and oxygen atoms in total. The summed E-state index contributed by atoms with van der Waals surface area (Å²) in [6.45, 7) is 5.83. The summed E-state index contributed by atoms with van der Waals surface area (Å²) in [5, 5.41) is 3.40. The van der Waals surface area contributed by atoms with E-state index in [1.165, 1.54) is 6.07 Å². The zero-order valence-electron chi connectivity index (χ0n) is 11.7. The number of hydrogen-bond donors (Lipinski definition) is 1. The second-order valence-electron chi connectivity index (χ2n) is 5.44. The Morgan fingerprint density at radius 3 is 2.60 bits per heavy atom. The maximum atomic E-state index is 12.5. The number of nitrogens with zero attached hydrogens (tertiary/aromatic N) is 2. The van der Waals surface area contributed by atoms with Crippen molar-refractivity contribution in [1.82, 2.24) is 10.3 Å². The van der Waals surface area contributed by atoms with Crippen LogP contribution in [0.1, 0.15) is 32.3 Å². The lowest BCUT2D eigenvalue weighted by molar-refractivity contribution is -0.137. The molecule has 0 amide bonds. The first-order valence-electron chi connectivity index (χ1n) is 6.91. The number of hydrogen-bond acceptors (Lipinski definition) is 3. The van der Waals surface area contributed by atoms with Crippen LogP contribution in [0.4, 0.5) is 19.0 Å². The quantitative estimate of drug-likeness (QED) is 0.922. The minimum atomic E-state index is -4.33. The predicted octanol–water partition coefficient (Wildman–Crippen LogP) is 3.07. The van der Waals surface area contributed by atoms with Crippen LogP contribution in [0.2, 0.25) is 0 Å². The van der Waals surface area contributed by atoms with Gasteiger partial charge in [-0.2, -0.15) is 13.2 Å². The molecule has 0 aromatic carbocycles. The van der Waals surface area contributed by atoms with Crippen molar-refractivity contribution in [2.45, 2.75) is 44.9 Å². The lowest BCUT2D eigenvalue weighted by Gasteiger charge is -2.30. The molecule has 1 N–H and O–H groups in total. The normalized spacial score (nSPS) is 19.6. The van der Waals surface area contributed by atoms with Gasteiger partial charge < -0.3 is 10.2 Å². The molecule has 1 aliphatic heterocycles. The largest absolute Gasteiger partial charge is 0.417 e. The second kappa shape index (κ2) is 5.99. The highest BCUT2D eigenvalue weighted by Gasteiger charge is 2.31. The highest BCUT2D eigenvalue weighted by atomic mass is 19.4. The van der Waals surface area contributed by atoms with E-state index in [0.717, 1.165) is 38.2 Å². The fourth-order valence-electron chi connectivity index (χ4n) is 2.44. The standard InChI is InChI=1S/C14H20F3N3/c1-10(2)20(9-12-4-3-7-18-12)13-6-5-11(8-19-13)14(15,16)17/h5-6,8,10,12,18H,3-4,7,9H2,1-2H3. The summed E-state index contributed by atoms with van der Waals surface area (Å²) in [6.07, 6.45) is -1.17. The Labute approximate surface area is 117 Å². The van der Waals surface area contributed by atoms with Crippen LogP contribution in [0.3, 0.4) is 0 Å². The monoisotopic (exact) mass is 287 g/mol. The van der Waals surface area contributed by atoms with Gasteiger partial charge in [-0.05, 0) is 45.4 Å². The van der Waals surface area contributed by atoms with Crippen LogP contribution in [0.5, 0.6) is 0 Å². The summed E-state index contributed by atoms with van der Waals surface area (Å²) in [5.41, 5.74) is -0.705. The molecule has 0 spiro atoms. The van der Waals surface area contributed by atoms with Gasteiger partial charge in [0, 0.05) is 24.8 Å². The number of rotatable bonds is 4. The van der Waals surface area contributed by atoms with E-state index >= 15 is 0 Å². The van der Waals surface area contributed by atoms with Gasteiger partial charge in [-0.3, -0.25) is 0 Å². The Kier molecular flexibility index (Phi) is 4.52. The SMILES string of the molecule is CC(C)N(CC1CCCN1)c1ccc(C(F)(F)F)cn1. The van der Waals surface area contributed by atoms with E-state index < -0.39 is 11.7 Å². The Morgan fingerprint density at radius 2 is 2.15 bits per heavy atom. The first-order valence-corrected chi connectivity index (χ1v) is 6.91. The van der Waals surface area contributed by atoms with Gasteiger partial charge in [0.05, 0.1) is 5.56 Å². The van der Waals surface area contributed by atoms with Crippen molar-refractivity contribution in [1.29, 1.82) is 0 Å². The summed E-state index contributed by atoms with van der Waals surface area (Å²) in [6, 6.07) is 3.14. The minimum absolute atomic E-state index is 0.196. The van der Waals surface area contributed by atoms with Crippen LogP contribution < -0.4 is 10.2 Å². The van der Waals surface area contributed by atoms with Gasteiger partial charge in [0.2, 0.25) is 0 Å². The molecule has 0 radical (unpaired) electrons. The summed E-state index contributed by atoms with van der Waals surface area (Å²) < 4.78 is 37.6. The highest BCUT2D eigenvalue weighted by molar-refractivity contribution is 5.41. The second-order valence-corrected chi connectivity index (χ2v) is 5.44. The number of aromatic nitrogens is 1. The Hall–Kier alpha value is -1.30. The van der Waals surface area contributed by atoms with Crippen molar-refractivity contribution in [2.75, 3.05) is 18.0 Å². The van der Waals surface area contributed by atoms with Crippen molar-refractivity contribution in [3.05, 3.63) is 23.9 Å². The van der Waals surface area contributed by atoms with E-state index in [4.69, 9.17) is 0 Å². The zero-order chi connectivity index (χ0) is 14.8. The van der Waals surface area contributed by atoms with Gasteiger partial charge in [0.15, 0.2) is 0 Å². The molecular formula is C14H20F3N3. The van der Waals surface area contributed by atoms with Crippen molar-refractivity contribution in [3.8, 4) is 0 Å². The molecule has 1 atom stereocenters. The maximum absolute atomic E-state index is 12.5. The van der Waals surface area contributed by atoms with E-state index in [1.807, 2.05) is 18.7 Å². The molecule has 1 aromatic rings. The van der Waals surface area contributed by atoms with Gasteiger partial charge in [-0.1, -0.05) is 0 Å². The van der Waals surface area contributed by atoms with Crippen LogP contribution in [0.25, 0.3) is 0 Å². The zero-order valence-corrected chi connectivity index (χ0v) is 11.7. The van der Waals surface area contributed by atoms with E-state index in [1.54, 1.807) is 0 Å². The summed E-state index contributed by atoms with van der Waals surface area (Å²) in [4.78, 5) is 6.03. The molecule has 1 aliphatic rings. The van der Waals surface area contributed by atoms with Crippen molar-refractivity contribution >= 4 is 5.82 Å². The van der Waals surface area contributed by atoms with Crippen molar-refractivity contribution in [2.24, 2.45) is 0 Å². The maximum Gasteiger partial charge on any atom is 0.417 e. The summed E-state index contributed by atoms with van der Waals surface area (Å²) in [7, 11) is 0. The number of nitrogens with one attached hydrogen (secondary N) is 1. The molecule has 0 bridgehead atoms. The fourth-order valence-corrected chi connectivity index (χ4v) is 2.44. The predicted molar refractivity (Wildman–Crippen MR) is 72.7 cm³/mol. The number of halogens is 3. The molecule has 1 aromatic heterocycles. The van der Waals surface area contributed by atoms with Crippen LogP contribution >= 0.6 is 0 Å². The summed E-state index contributed by atoms with van der Waals surface area (Å²) in [5.74, 6) is 0.599. The fraction of sp³-hybridized carbons (Fsp3) is 0.643. The Bertz CT molecular complexity index is 422. The minimum Gasteiger partial charge on any atom is -0.353 e. The van der Waals surface area contributed by atoms with Gasteiger partial charge in [-0.15, -0.1) is 0 Å². The topological polar surface area (TPSA) is 28.2 Å². The summed E-state index contributed by atoms with van der Waals surface area (Å²) >= 11 is 0. The number of alkyl halides is 3. The third kappa shape index (κ3) is 3.62. The van der Waals surface area contributed by atoms with Gasteiger partial charge in [0.1, 0.15) is 5.82 Å². The molecule has 1 saturated heterocycles.